The maximum atomic E-state index is 3.97. The van der Waals surface area contributed by atoms with Gasteiger partial charge in [0, 0.05) is 0 Å². The quantitative estimate of drug-likeness (QED) is 0.603. The van der Waals surface area contributed by atoms with E-state index in [9.17, 15) is 0 Å². The fourth-order valence-electron chi connectivity index (χ4n) is 2.72. The van der Waals surface area contributed by atoms with Crippen LogP contribution in [0.2, 0.25) is 0 Å². The van der Waals surface area contributed by atoms with Gasteiger partial charge < -0.3 is 0 Å². The summed E-state index contributed by atoms with van der Waals surface area (Å²) >= 11 is 0. The summed E-state index contributed by atoms with van der Waals surface area (Å²) in [6.07, 6.45) is 8.26. The Kier molecular flexibility index (Phi) is 3.82. The van der Waals surface area contributed by atoms with Crippen LogP contribution in [0.3, 0.4) is 0 Å². The van der Waals surface area contributed by atoms with Crippen LogP contribution in [0.15, 0.2) is 0 Å². The fraction of sp³-hybridized carbons (Fsp3) is 0.923. The number of hydrogen-bond acceptors (Lipinski definition) is 0. The Hall–Kier alpha value is 0. The lowest BCUT2D eigenvalue weighted by atomic mass is 9.64. The summed E-state index contributed by atoms with van der Waals surface area (Å²) in [5, 5.41) is 0. The fourth-order valence-corrected chi connectivity index (χ4v) is 2.72. The summed E-state index contributed by atoms with van der Waals surface area (Å²) in [5.74, 6) is 1.82. The lowest BCUT2D eigenvalue weighted by molar-refractivity contribution is 0.0984. The Balaban J connectivity index is 2.49. The molecule has 0 aromatic heterocycles. The van der Waals surface area contributed by atoms with Crippen molar-refractivity contribution in [1.29, 1.82) is 0 Å². The second-order valence-electron chi connectivity index (χ2n) is 5.41. The van der Waals surface area contributed by atoms with Crippen LogP contribution < -0.4 is 0 Å². The summed E-state index contributed by atoms with van der Waals surface area (Å²) in [6, 6.07) is 0. The summed E-state index contributed by atoms with van der Waals surface area (Å²) < 4.78 is 0. The van der Waals surface area contributed by atoms with Crippen molar-refractivity contribution in [3.63, 3.8) is 0 Å². The normalized spacial score (nSPS) is 35.3. The van der Waals surface area contributed by atoms with Crippen LogP contribution in [0.5, 0.6) is 0 Å². The Bertz CT molecular complexity index is 146. The van der Waals surface area contributed by atoms with Gasteiger partial charge in [0.1, 0.15) is 0 Å². The molecule has 1 rings (SSSR count). The highest BCUT2D eigenvalue weighted by Crippen LogP contribution is 2.45. The van der Waals surface area contributed by atoms with E-state index < -0.39 is 0 Å². The monoisotopic (exact) mass is 181 g/mol. The molecule has 0 aromatic rings. The third-order valence-electron chi connectivity index (χ3n) is 4.12. The summed E-state index contributed by atoms with van der Waals surface area (Å²) in [6.45, 7) is 11.2. The van der Waals surface area contributed by atoms with E-state index in [1.165, 1.54) is 32.1 Å². The van der Waals surface area contributed by atoms with Crippen molar-refractivity contribution < 1.29 is 0 Å². The standard InChI is InChI=1S/C13H25/c1-5-7-12-8-6-9-13(4,10-12)11(2)3/h11-12H,1,5-10H2,2-4H3. The van der Waals surface area contributed by atoms with E-state index in [1.54, 1.807) is 0 Å². The number of hydrogen-bond donors (Lipinski definition) is 0. The molecule has 0 amide bonds. The molecule has 0 aromatic carbocycles. The van der Waals surface area contributed by atoms with Gasteiger partial charge in [0.05, 0.1) is 0 Å². The Morgan fingerprint density at radius 2 is 2.15 bits per heavy atom. The number of rotatable bonds is 3. The maximum absolute atomic E-state index is 3.97. The predicted octanol–water partition coefficient (Wildman–Crippen LogP) is 4.45. The van der Waals surface area contributed by atoms with Gasteiger partial charge in [-0.15, -0.1) is 0 Å². The predicted molar refractivity (Wildman–Crippen MR) is 59.5 cm³/mol. The second kappa shape index (κ2) is 4.48. The first-order valence-corrected chi connectivity index (χ1v) is 5.88. The lowest BCUT2D eigenvalue weighted by Gasteiger charge is -2.41. The summed E-state index contributed by atoms with van der Waals surface area (Å²) in [4.78, 5) is 0. The average Bonchev–Trinajstić information content (AvgIpc) is 2.04. The van der Waals surface area contributed by atoms with Crippen LogP contribution in [0, 0.1) is 24.2 Å². The molecule has 13 heavy (non-hydrogen) atoms. The molecule has 2 unspecified atom stereocenters. The van der Waals surface area contributed by atoms with E-state index in [1.807, 2.05) is 0 Å². The van der Waals surface area contributed by atoms with Gasteiger partial charge in [0.2, 0.25) is 0 Å². The van der Waals surface area contributed by atoms with E-state index in [0.717, 1.165) is 18.3 Å². The van der Waals surface area contributed by atoms with Crippen LogP contribution in [-0.2, 0) is 0 Å². The molecule has 0 bridgehead atoms. The molecular formula is C13H25. The lowest BCUT2D eigenvalue weighted by Crippen LogP contribution is -2.30. The highest BCUT2D eigenvalue weighted by molar-refractivity contribution is 4.85. The van der Waals surface area contributed by atoms with Gasteiger partial charge in [-0.3, -0.25) is 0 Å². The highest BCUT2D eigenvalue weighted by atomic mass is 14.4. The molecule has 0 saturated heterocycles. The summed E-state index contributed by atoms with van der Waals surface area (Å²) in [5.41, 5.74) is 0.623. The van der Waals surface area contributed by atoms with Crippen LogP contribution in [0.25, 0.3) is 0 Å². The molecule has 0 heterocycles. The third kappa shape index (κ3) is 2.72. The molecule has 0 spiro atoms. The van der Waals surface area contributed by atoms with Gasteiger partial charge in [-0.2, -0.15) is 0 Å². The first-order chi connectivity index (χ1) is 6.08. The molecule has 77 valence electrons. The van der Waals surface area contributed by atoms with Crippen molar-refractivity contribution in [1.82, 2.24) is 0 Å². The van der Waals surface area contributed by atoms with E-state index in [4.69, 9.17) is 0 Å². The van der Waals surface area contributed by atoms with Crippen molar-refractivity contribution in [3.05, 3.63) is 6.92 Å². The minimum atomic E-state index is 0.623. The van der Waals surface area contributed by atoms with Crippen molar-refractivity contribution in [2.75, 3.05) is 0 Å². The van der Waals surface area contributed by atoms with Crippen LogP contribution in [0.4, 0.5) is 0 Å². The van der Waals surface area contributed by atoms with Gasteiger partial charge in [-0.1, -0.05) is 53.4 Å². The van der Waals surface area contributed by atoms with Gasteiger partial charge >= 0.3 is 0 Å². The molecule has 1 fully saturated rings. The van der Waals surface area contributed by atoms with Gasteiger partial charge in [-0.25, -0.2) is 0 Å². The maximum Gasteiger partial charge on any atom is -0.0300 e. The van der Waals surface area contributed by atoms with E-state index in [2.05, 4.69) is 27.7 Å². The molecule has 2 atom stereocenters. The highest BCUT2D eigenvalue weighted by Gasteiger charge is 2.33. The average molecular weight is 181 g/mol. The molecular weight excluding hydrogens is 156 g/mol. The largest absolute Gasteiger partial charge is 0.0623 e. The van der Waals surface area contributed by atoms with Crippen molar-refractivity contribution >= 4 is 0 Å². The van der Waals surface area contributed by atoms with Crippen LogP contribution >= 0.6 is 0 Å². The Morgan fingerprint density at radius 3 is 2.69 bits per heavy atom. The van der Waals surface area contributed by atoms with Gasteiger partial charge in [-0.05, 0) is 30.1 Å². The molecule has 1 aliphatic carbocycles. The smallest absolute Gasteiger partial charge is 0.0300 e. The van der Waals surface area contributed by atoms with Gasteiger partial charge in [0.25, 0.3) is 0 Å². The molecule has 0 aliphatic heterocycles. The minimum absolute atomic E-state index is 0.623. The second-order valence-corrected chi connectivity index (χ2v) is 5.41. The van der Waals surface area contributed by atoms with Gasteiger partial charge in [0.15, 0.2) is 0 Å². The molecule has 1 aliphatic rings. The van der Waals surface area contributed by atoms with E-state index in [-0.39, 0.29) is 0 Å². The van der Waals surface area contributed by atoms with E-state index in [0.29, 0.717) is 5.41 Å². The zero-order chi connectivity index (χ0) is 9.90. The van der Waals surface area contributed by atoms with Crippen LogP contribution in [0.1, 0.15) is 59.3 Å². The topological polar surface area (TPSA) is 0 Å². The molecule has 0 heteroatoms. The molecule has 0 nitrogen and oxygen atoms in total. The first kappa shape index (κ1) is 11.1. The van der Waals surface area contributed by atoms with Crippen LogP contribution in [-0.4, -0.2) is 0 Å². The minimum Gasteiger partial charge on any atom is -0.0623 e. The van der Waals surface area contributed by atoms with E-state index >= 15 is 0 Å². The first-order valence-electron chi connectivity index (χ1n) is 5.88. The molecule has 1 radical (unpaired) electrons. The Morgan fingerprint density at radius 1 is 1.46 bits per heavy atom. The van der Waals surface area contributed by atoms with Crippen molar-refractivity contribution in [3.8, 4) is 0 Å². The SMILES string of the molecule is [CH2]CCC1CCCC(C)(C(C)C)C1. The molecule has 1 saturated carbocycles. The third-order valence-corrected chi connectivity index (χ3v) is 4.12. The zero-order valence-corrected chi connectivity index (χ0v) is 9.60. The zero-order valence-electron chi connectivity index (χ0n) is 9.60. The molecule has 0 N–H and O–H groups in total. The van der Waals surface area contributed by atoms with Crippen molar-refractivity contribution in [2.24, 2.45) is 17.3 Å². The van der Waals surface area contributed by atoms with Crippen molar-refractivity contribution in [2.45, 2.75) is 59.3 Å². The summed E-state index contributed by atoms with van der Waals surface area (Å²) in [7, 11) is 0. The Labute approximate surface area is 84.1 Å².